The van der Waals surface area contributed by atoms with Gasteiger partial charge >= 0.3 is 0 Å². The summed E-state index contributed by atoms with van der Waals surface area (Å²) < 4.78 is 7.08. The molecule has 0 aliphatic rings. The molecule has 1 atom stereocenters. The molecule has 1 N–H and O–H groups in total. The van der Waals surface area contributed by atoms with Gasteiger partial charge in [0.05, 0.1) is 12.5 Å². The fourth-order valence-corrected chi connectivity index (χ4v) is 2.39. The number of H-pyrrole nitrogens is 1. The largest absolute Gasteiger partial charge is 0.459 e. The average Bonchev–Trinajstić information content (AvgIpc) is 3.26. The molecule has 3 heterocycles. The molecule has 0 fully saturated rings. The second-order valence-corrected chi connectivity index (χ2v) is 5.42. The lowest BCUT2D eigenvalue weighted by Crippen LogP contribution is -2.30. The topological polar surface area (TPSA) is 106 Å². The Kier molecular flexibility index (Phi) is 3.92. The quantitative estimate of drug-likeness (QED) is 0.755. The van der Waals surface area contributed by atoms with Crippen molar-refractivity contribution in [1.82, 2.24) is 35.3 Å². The van der Waals surface area contributed by atoms with E-state index in [2.05, 4.69) is 25.7 Å². The fraction of sp³-hybridized carbons (Fsp3) is 0.357. The van der Waals surface area contributed by atoms with E-state index >= 15 is 0 Å². The Balaban J connectivity index is 1.77. The normalized spacial score (nSPS) is 12.3. The number of tetrazole rings is 1. The van der Waals surface area contributed by atoms with Crippen LogP contribution in [0.2, 0.25) is 0 Å². The first-order valence-electron chi connectivity index (χ1n) is 7.11. The highest BCUT2D eigenvalue weighted by Crippen LogP contribution is 2.25. The molecule has 1 amide bonds. The number of aromatic nitrogens is 6. The SMILES string of the molecule is CC(CN(C)C(=O)c1occc1-c1cnn(C)c1)c1nn[nH]n1. The van der Waals surface area contributed by atoms with Crippen molar-refractivity contribution in [2.24, 2.45) is 7.05 Å². The fourth-order valence-electron chi connectivity index (χ4n) is 2.39. The van der Waals surface area contributed by atoms with Crippen molar-refractivity contribution in [2.45, 2.75) is 12.8 Å². The molecule has 120 valence electrons. The highest BCUT2D eigenvalue weighted by molar-refractivity contribution is 5.98. The number of furan rings is 1. The van der Waals surface area contributed by atoms with Gasteiger partial charge in [-0.1, -0.05) is 12.1 Å². The van der Waals surface area contributed by atoms with Crippen LogP contribution in [0.25, 0.3) is 11.1 Å². The molecule has 0 aliphatic carbocycles. The molecule has 3 aromatic heterocycles. The maximum absolute atomic E-state index is 12.7. The summed E-state index contributed by atoms with van der Waals surface area (Å²) >= 11 is 0. The Bertz CT molecular complexity index is 790. The summed E-state index contributed by atoms with van der Waals surface area (Å²) in [4.78, 5) is 14.2. The van der Waals surface area contributed by atoms with Gasteiger partial charge in [-0.15, -0.1) is 10.2 Å². The second-order valence-electron chi connectivity index (χ2n) is 5.42. The van der Waals surface area contributed by atoms with Crippen LogP contribution in [0.5, 0.6) is 0 Å². The molecule has 0 aromatic carbocycles. The van der Waals surface area contributed by atoms with E-state index in [4.69, 9.17) is 4.42 Å². The van der Waals surface area contributed by atoms with E-state index < -0.39 is 0 Å². The van der Waals surface area contributed by atoms with Gasteiger partial charge in [0.1, 0.15) is 0 Å². The summed E-state index contributed by atoms with van der Waals surface area (Å²) in [5, 5.41) is 17.9. The van der Waals surface area contributed by atoms with E-state index in [9.17, 15) is 4.79 Å². The summed E-state index contributed by atoms with van der Waals surface area (Å²) in [5.74, 6) is 0.612. The van der Waals surface area contributed by atoms with Gasteiger partial charge < -0.3 is 9.32 Å². The molecule has 23 heavy (non-hydrogen) atoms. The summed E-state index contributed by atoms with van der Waals surface area (Å²) in [5.41, 5.74) is 1.56. The Labute approximate surface area is 132 Å². The predicted octanol–water partition coefficient (Wildman–Crippen LogP) is 1.07. The molecule has 9 nitrogen and oxygen atoms in total. The number of hydrogen-bond donors (Lipinski definition) is 1. The zero-order valence-electron chi connectivity index (χ0n) is 13.1. The number of likely N-dealkylation sites (N-methyl/N-ethyl adjacent to an activating group) is 1. The molecule has 0 aliphatic heterocycles. The number of nitrogens with zero attached hydrogens (tertiary/aromatic N) is 6. The zero-order chi connectivity index (χ0) is 16.4. The van der Waals surface area contributed by atoms with Crippen molar-refractivity contribution in [3.05, 3.63) is 36.3 Å². The third-order valence-corrected chi connectivity index (χ3v) is 3.57. The Hall–Kier alpha value is -2.97. The van der Waals surface area contributed by atoms with Gasteiger partial charge in [-0.2, -0.15) is 10.3 Å². The van der Waals surface area contributed by atoms with Crippen LogP contribution >= 0.6 is 0 Å². The van der Waals surface area contributed by atoms with E-state index in [0.717, 1.165) is 11.1 Å². The van der Waals surface area contributed by atoms with Crippen molar-refractivity contribution in [3.63, 3.8) is 0 Å². The first-order valence-corrected chi connectivity index (χ1v) is 7.11. The van der Waals surface area contributed by atoms with Crippen LogP contribution in [0.4, 0.5) is 0 Å². The van der Waals surface area contributed by atoms with Gasteiger partial charge in [-0.25, -0.2) is 0 Å². The third-order valence-electron chi connectivity index (χ3n) is 3.57. The molecule has 0 saturated heterocycles. The number of aromatic amines is 1. The van der Waals surface area contributed by atoms with Crippen molar-refractivity contribution in [2.75, 3.05) is 13.6 Å². The van der Waals surface area contributed by atoms with Crippen LogP contribution in [0.3, 0.4) is 0 Å². The maximum Gasteiger partial charge on any atom is 0.289 e. The molecule has 0 spiro atoms. The number of nitrogens with one attached hydrogen (secondary N) is 1. The van der Waals surface area contributed by atoms with Gasteiger partial charge in [-0.05, 0) is 6.07 Å². The summed E-state index contributed by atoms with van der Waals surface area (Å²) in [6.07, 6.45) is 5.04. The van der Waals surface area contributed by atoms with Crippen LogP contribution in [-0.4, -0.2) is 54.8 Å². The predicted molar refractivity (Wildman–Crippen MR) is 80.5 cm³/mol. The van der Waals surface area contributed by atoms with Gasteiger partial charge in [0.25, 0.3) is 5.91 Å². The summed E-state index contributed by atoms with van der Waals surface area (Å²) in [6.45, 7) is 2.38. The third kappa shape index (κ3) is 2.98. The molecule has 1 unspecified atom stereocenters. The lowest BCUT2D eigenvalue weighted by molar-refractivity contribution is 0.0757. The minimum absolute atomic E-state index is 0.0421. The van der Waals surface area contributed by atoms with Crippen molar-refractivity contribution >= 4 is 5.91 Å². The molecule has 3 aromatic rings. The molecule has 3 rings (SSSR count). The smallest absolute Gasteiger partial charge is 0.289 e. The Morgan fingerprint density at radius 1 is 1.52 bits per heavy atom. The van der Waals surface area contributed by atoms with E-state index in [0.29, 0.717) is 18.1 Å². The van der Waals surface area contributed by atoms with Gasteiger partial charge in [0, 0.05) is 43.9 Å². The molecular formula is C14H17N7O2. The number of rotatable bonds is 5. The minimum Gasteiger partial charge on any atom is -0.459 e. The maximum atomic E-state index is 12.7. The van der Waals surface area contributed by atoms with Gasteiger partial charge in [-0.3, -0.25) is 9.48 Å². The first kappa shape index (κ1) is 14.9. The molecule has 0 saturated carbocycles. The van der Waals surface area contributed by atoms with E-state index in [1.807, 2.05) is 20.2 Å². The Morgan fingerprint density at radius 3 is 3.00 bits per heavy atom. The number of carbonyl (C=O) groups excluding carboxylic acids is 1. The molecule has 9 heteroatoms. The number of amides is 1. The number of hydrogen-bond acceptors (Lipinski definition) is 6. The van der Waals surface area contributed by atoms with Crippen LogP contribution in [0.1, 0.15) is 29.2 Å². The number of carbonyl (C=O) groups is 1. The number of aryl methyl sites for hydroxylation is 1. The second kappa shape index (κ2) is 6.03. The minimum atomic E-state index is -0.204. The van der Waals surface area contributed by atoms with Crippen molar-refractivity contribution in [3.8, 4) is 11.1 Å². The Morgan fingerprint density at radius 2 is 2.35 bits per heavy atom. The monoisotopic (exact) mass is 315 g/mol. The van der Waals surface area contributed by atoms with Gasteiger partial charge in [0.15, 0.2) is 11.6 Å². The molecule has 0 bridgehead atoms. The highest BCUT2D eigenvalue weighted by Gasteiger charge is 2.23. The van der Waals surface area contributed by atoms with Crippen LogP contribution in [0, 0.1) is 0 Å². The van der Waals surface area contributed by atoms with Crippen LogP contribution in [0.15, 0.2) is 29.1 Å². The lowest BCUT2D eigenvalue weighted by atomic mass is 10.1. The zero-order valence-corrected chi connectivity index (χ0v) is 13.1. The van der Waals surface area contributed by atoms with Crippen LogP contribution in [-0.2, 0) is 7.05 Å². The highest BCUT2D eigenvalue weighted by atomic mass is 16.3. The van der Waals surface area contributed by atoms with Crippen LogP contribution < -0.4 is 0 Å². The first-order chi connectivity index (χ1) is 11.1. The lowest BCUT2D eigenvalue weighted by Gasteiger charge is -2.19. The van der Waals surface area contributed by atoms with E-state index in [1.54, 1.807) is 28.9 Å². The standard InChI is InChI=1S/C14H17N7O2/c1-9(13-16-18-19-17-13)7-20(2)14(22)12-11(4-5-23-12)10-6-15-21(3)8-10/h4-6,8-9H,7H2,1-3H3,(H,16,17,18,19). The van der Waals surface area contributed by atoms with E-state index in [-0.39, 0.29) is 11.8 Å². The van der Waals surface area contributed by atoms with Gasteiger partial charge in [0.2, 0.25) is 0 Å². The van der Waals surface area contributed by atoms with Crippen molar-refractivity contribution in [1.29, 1.82) is 0 Å². The molecular weight excluding hydrogens is 298 g/mol. The average molecular weight is 315 g/mol. The summed E-state index contributed by atoms with van der Waals surface area (Å²) in [7, 11) is 3.54. The molecule has 0 radical (unpaired) electrons. The van der Waals surface area contributed by atoms with E-state index in [1.165, 1.54) is 6.26 Å². The summed E-state index contributed by atoms with van der Waals surface area (Å²) in [6, 6.07) is 1.76. The van der Waals surface area contributed by atoms with Crippen molar-refractivity contribution < 1.29 is 9.21 Å².